The maximum atomic E-state index is 13.0. The van der Waals surface area contributed by atoms with Crippen molar-refractivity contribution in [2.45, 2.75) is 34.3 Å². The van der Waals surface area contributed by atoms with Crippen LogP contribution >= 0.6 is 11.8 Å². The topological polar surface area (TPSA) is 64.6 Å². The van der Waals surface area contributed by atoms with Gasteiger partial charge in [-0.1, -0.05) is 24.3 Å². The van der Waals surface area contributed by atoms with E-state index < -0.39 is 10.0 Å². The Morgan fingerprint density at radius 1 is 1.15 bits per heavy atom. The maximum absolute atomic E-state index is 13.0. The van der Waals surface area contributed by atoms with Crippen LogP contribution in [0.4, 0.5) is 0 Å². The molecular formula is C20H25NO4S2. The van der Waals surface area contributed by atoms with Crippen LogP contribution in [0.1, 0.15) is 18.4 Å². The van der Waals surface area contributed by atoms with Crippen LogP contribution in [0, 0.1) is 6.92 Å². The van der Waals surface area contributed by atoms with Gasteiger partial charge in [-0.3, -0.25) is 0 Å². The van der Waals surface area contributed by atoms with E-state index >= 15 is 0 Å². The molecule has 1 N–H and O–H groups in total. The fraction of sp³-hybridized carbons (Fsp3) is 0.400. The normalized spacial score (nSPS) is 16.8. The smallest absolute Gasteiger partial charge is 0.244 e. The number of rotatable bonds is 7. The average Bonchev–Trinajstić information content (AvgIpc) is 2.68. The molecular weight excluding hydrogens is 382 g/mol. The highest BCUT2D eigenvalue weighted by molar-refractivity contribution is 8.00. The van der Waals surface area contributed by atoms with E-state index in [0.29, 0.717) is 25.5 Å². The van der Waals surface area contributed by atoms with Crippen LogP contribution in [-0.2, 0) is 14.8 Å². The van der Waals surface area contributed by atoms with Crippen molar-refractivity contribution in [3.05, 3.63) is 54.1 Å². The SMILES string of the molecule is COc1ccc(C)cc1S(=O)(=O)NCC1(Sc2ccccc2)CCOCC1. The lowest BCUT2D eigenvalue weighted by atomic mass is 9.99. The van der Waals surface area contributed by atoms with Crippen molar-refractivity contribution in [2.75, 3.05) is 26.9 Å². The summed E-state index contributed by atoms with van der Waals surface area (Å²) in [5.41, 5.74) is 0.871. The van der Waals surface area contributed by atoms with Gasteiger partial charge in [-0.15, -0.1) is 11.8 Å². The number of benzene rings is 2. The highest BCUT2D eigenvalue weighted by Crippen LogP contribution is 2.40. The molecule has 1 fully saturated rings. The predicted octanol–water partition coefficient (Wildman–Crippen LogP) is 3.62. The van der Waals surface area contributed by atoms with Crippen molar-refractivity contribution in [1.82, 2.24) is 4.72 Å². The Morgan fingerprint density at radius 3 is 2.52 bits per heavy atom. The van der Waals surface area contributed by atoms with E-state index in [1.165, 1.54) is 7.11 Å². The third kappa shape index (κ3) is 5.04. The molecule has 0 saturated carbocycles. The molecule has 27 heavy (non-hydrogen) atoms. The number of nitrogens with one attached hydrogen (secondary N) is 1. The molecule has 7 heteroatoms. The summed E-state index contributed by atoms with van der Waals surface area (Å²) < 4.78 is 39.3. The number of hydrogen-bond donors (Lipinski definition) is 1. The van der Waals surface area contributed by atoms with E-state index in [4.69, 9.17) is 9.47 Å². The van der Waals surface area contributed by atoms with Crippen molar-refractivity contribution in [3.8, 4) is 5.75 Å². The van der Waals surface area contributed by atoms with Crippen molar-refractivity contribution >= 4 is 21.8 Å². The standard InChI is InChI=1S/C20H25NO4S2/c1-16-8-9-18(24-2)19(14-16)27(22,23)21-15-20(10-12-25-13-11-20)26-17-6-4-3-5-7-17/h3-9,14,21H,10-13,15H2,1-2H3. The third-order valence-electron chi connectivity index (χ3n) is 4.67. The van der Waals surface area contributed by atoms with Crippen LogP contribution < -0.4 is 9.46 Å². The summed E-state index contributed by atoms with van der Waals surface area (Å²) in [4.78, 5) is 1.31. The van der Waals surface area contributed by atoms with E-state index in [9.17, 15) is 8.42 Å². The molecule has 0 aliphatic carbocycles. The summed E-state index contributed by atoms with van der Waals surface area (Å²) >= 11 is 1.72. The molecule has 0 aromatic heterocycles. The molecule has 0 unspecified atom stereocenters. The van der Waals surface area contributed by atoms with Gasteiger partial charge in [-0.05, 0) is 49.6 Å². The zero-order valence-corrected chi connectivity index (χ0v) is 17.2. The Bertz CT molecular complexity index is 863. The number of aryl methyl sites for hydroxylation is 1. The van der Waals surface area contributed by atoms with Crippen LogP contribution in [0.15, 0.2) is 58.3 Å². The summed E-state index contributed by atoms with van der Waals surface area (Å²) in [6, 6.07) is 15.2. The molecule has 0 amide bonds. The summed E-state index contributed by atoms with van der Waals surface area (Å²) in [5, 5.41) is 0. The zero-order valence-electron chi connectivity index (χ0n) is 15.6. The van der Waals surface area contributed by atoms with Gasteiger partial charge in [-0.2, -0.15) is 0 Å². The van der Waals surface area contributed by atoms with Crippen LogP contribution in [-0.4, -0.2) is 40.0 Å². The van der Waals surface area contributed by atoms with E-state index in [2.05, 4.69) is 16.9 Å². The second kappa shape index (κ2) is 8.65. The minimum absolute atomic E-state index is 0.178. The number of thioether (sulfide) groups is 1. The zero-order chi connectivity index (χ0) is 19.3. The number of hydrogen-bond acceptors (Lipinski definition) is 5. The number of ether oxygens (including phenoxy) is 2. The Balaban J connectivity index is 1.81. The first-order valence-corrected chi connectivity index (χ1v) is 11.2. The fourth-order valence-corrected chi connectivity index (χ4v) is 5.87. The highest BCUT2D eigenvalue weighted by Gasteiger charge is 2.35. The van der Waals surface area contributed by atoms with Gasteiger partial charge in [0.25, 0.3) is 0 Å². The second-order valence-corrected chi connectivity index (χ2v) is 9.97. The minimum atomic E-state index is -3.68. The molecule has 0 atom stereocenters. The van der Waals surface area contributed by atoms with Crippen molar-refractivity contribution < 1.29 is 17.9 Å². The van der Waals surface area contributed by atoms with Crippen LogP contribution in [0.5, 0.6) is 5.75 Å². The molecule has 0 bridgehead atoms. The third-order valence-corrected chi connectivity index (χ3v) is 7.59. The van der Waals surface area contributed by atoms with Gasteiger partial charge in [0.1, 0.15) is 10.6 Å². The van der Waals surface area contributed by atoms with E-state index in [1.807, 2.05) is 31.2 Å². The van der Waals surface area contributed by atoms with Gasteiger partial charge < -0.3 is 9.47 Å². The summed E-state index contributed by atoms with van der Waals surface area (Å²) in [6.45, 7) is 3.48. The first kappa shape index (κ1) is 20.2. The van der Waals surface area contributed by atoms with Crippen molar-refractivity contribution in [1.29, 1.82) is 0 Å². The predicted molar refractivity (Wildman–Crippen MR) is 108 cm³/mol. The molecule has 2 aromatic rings. The Labute approximate surface area is 165 Å². The van der Waals surface area contributed by atoms with Gasteiger partial charge in [0.05, 0.1) is 7.11 Å². The lowest BCUT2D eigenvalue weighted by Crippen LogP contribution is -2.44. The first-order valence-electron chi connectivity index (χ1n) is 8.90. The quantitative estimate of drug-likeness (QED) is 0.759. The van der Waals surface area contributed by atoms with E-state index in [-0.39, 0.29) is 9.64 Å². The van der Waals surface area contributed by atoms with Gasteiger partial charge in [0.15, 0.2) is 0 Å². The number of sulfonamides is 1. The molecule has 2 aromatic carbocycles. The van der Waals surface area contributed by atoms with Crippen LogP contribution in [0.2, 0.25) is 0 Å². The van der Waals surface area contributed by atoms with Crippen LogP contribution in [0.25, 0.3) is 0 Å². The maximum Gasteiger partial charge on any atom is 0.244 e. The largest absolute Gasteiger partial charge is 0.495 e. The monoisotopic (exact) mass is 407 g/mol. The lowest BCUT2D eigenvalue weighted by Gasteiger charge is -2.36. The molecule has 1 saturated heterocycles. The van der Waals surface area contributed by atoms with E-state index in [0.717, 1.165) is 23.3 Å². The fourth-order valence-electron chi connectivity index (χ4n) is 3.10. The Hall–Kier alpha value is -1.54. The van der Waals surface area contributed by atoms with Gasteiger partial charge in [0.2, 0.25) is 10.0 Å². The van der Waals surface area contributed by atoms with Crippen molar-refractivity contribution in [2.24, 2.45) is 0 Å². The summed E-state index contributed by atoms with van der Waals surface area (Å²) in [6.07, 6.45) is 1.58. The summed E-state index contributed by atoms with van der Waals surface area (Å²) in [7, 11) is -2.20. The number of methoxy groups -OCH3 is 1. The molecule has 5 nitrogen and oxygen atoms in total. The molecule has 1 aliphatic heterocycles. The van der Waals surface area contributed by atoms with Gasteiger partial charge in [0, 0.05) is 29.4 Å². The van der Waals surface area contributed by atoms with Gasteiger partial charge >= 0.3 is 0 Å². The minimum Gasteiger partial charge on any atom is -0.495 e. The highest BCUT2D eigenvalue weighted by atomic mass is 32.2. The molecule has 0 radical (unpaired) electrons. The molecule has 1 heterocycles. The van der Waals surface area contributed by atoms with Crippen LogP contribution in [0.3, 0.4) is 0 Å². The molecule has 3 rings (SSSR count). The molecule has 0 spiro atoms. The Morgan fingerprint density at radius 2 is 1.85 bits per heavy atom. The molecule has 146 valence electrons. The average molecular weight is 408 g/mol. The Kier molecular flexibility index (Phi) is 6.47. The second-order valence-electron chi connectivity index (χ2n) is 6.69. The van der Waals surface area contributed by atoms with E-state index in [1.54, 1.807) is 23.9 Å². The van der Waals surface area contributed by atoms with Gasteiger partial charge in [-0.25, -0.2) is 13.1 Å². The summed E-state index contributed by atoms with van der Waals surface area (Å²) in [5.74, 6) is 0.352. The first-order chi connectivity index (χ1) is 12.9. The lowest BCUT2D eigenvalue weighted by molar-refractivity contribution is 0.0784. The van der Waals surface area contributed by atoms with Crippen molar-refractivity contribution in [3.63, 3.8) is 0 Å². The molecule has 1 aliphatic rings.